The lowest BCUT2D eigenvalue weighted by Gasteiger charge is -2.01. The number of ether oxygens (including phenoxy) is 2. The van der Waals surface area contributed by atoms with Crippen molar-refractivity contribution < 1.29 is 9.47 Å². The van der Waals surface area contributed by atoms with Gasteiger partial charge in [0.05, 0.1) is 0 Å². The molecule has 0 saturated heterocycles. The number of rotatable bonds is 3. The van der Waals surface area contributed by atoms with Crippen LogP contribution in [0.15, 0.2) is 36.3 Å². The number of hydrogen-bond donors (Lipinski definition) is 0. The van der Waals surface area contributed by atoms with Gasteiger partial charge in [0.1, 0.15) is 12.0 Å². The van der Waals surface area contributed by atoms with Crippen LogP contribution in [0.3, 0.4) is 0 Å². The zero-order chi connectivity index (χ0) is 9.80. The van der Waals surface area contributed by atoms with Crippen molar-refractivity contribution in [3.63, 3.8) is 0 Å². The molecule has 0 saturated carbocycles. The third kappa shape index (κ3) is 2.64. The Morgan fingerprint density at radius 2 is 1.93 bits per heavy atom. The minimum Gasteiger partial charge on any atom is -0.462 e. The van der Waals surface area contributed by atoms with Gasteiger partial charge in [-0.1, -0.05) is 12.1 Å². The minimum absolute atomic E-state index is 0.377. The molecule has 2 rings (SSSR count). The van der Waals surface area contributed by atoms with Crippen molar-refractivity contribution >= 4 is 22.6 Å². The molecule has 1 heterocycles. The maximum atomic E-state index is 5.24. The first kappa shape index (κ1) is 9.83. The van der Waals surface area contributed by atoms with E-state index < -0.39 is 0 Å². The second kappa shape index (κ2) is 4.68. The average Bonchev–Trinajstić information content (AvgIpc) is 2.70. The second-order valence-electron chi connectivity index (χ2n) is 3.14. The van der Waals surface area contributed by atoms with Crippen LogP contribution in [0.2, 0.25) is 0 Å². The molecule has 0 unspecified atom stereocenters. The summed E-state index contributed by atoms with van der Waals surface area (Å²) in [5.41, 5.74) is 1.34. The summed E-state index contributed by atoms with van der Waals surface area (Å²) in [7, 11) is 0. The van der Waals surface area contributed by atoms with Crippen molar-refractivity contribution in [3.05, 3.63) is 45.4 Å². The summed E-state index contributed by atoms with van der Waals surface area (Å²) >= 11 is 2.31. The summed E-state index contributed by atoms with van der Waals surface area (Å²) in [6.45, 7) is 0.377. The Kier molecular flexibility index (Phi) is 3.29. The Morgan fingerprint density at radius 1 is 1.14 bits per heavy atom. The molecular formula is C11H11IO2. The lowest BCUT2D eigenvalue weighted by molar-refractivity contribution is 0.0779. The molecule has 1 aliphatic heterocycles. The van der Waals surface area contributed by atoms with E-state index in [1.165, 1.54) is 9.13 Å². The molecule has 0 fully saturated rings. The van der Waals surface area contributed by atoms with E-state index >= 15 is 0 Å². The van der Waals surface area contributed by atoms with Crippen LogP contribution in [0, 0.1) is 3.57 Å². The zero-order valence-electron chi connectivity index (χ0n) is 7.70. The maximum absolute atomic E-state index is 5.24. The van der Waals surface area contributed by atoms with Crippen molar-refractivity contribution in [2.45, 2.75) is 12.8 Å². The monoisotopic (exact) mass is 302 g/mol. The van der Waals surface area contributed by atoms with Gasteiger partial charge in [-0.3, -0.25) is 0 Å². The minimum atomic E-state index is 0.377. The summed E-state index contributed by atoms with van der Waals surface area (Å²) < 4.78 is 11.5. The van der Waals surface area contributed by atoms with E-state index in [2.05, 4.69) is 46.9 Å². The summed E-state index contributed by atoms with van der Waals surface area (Å²) in [5.74, 6) is 0.948. The van der Waals surface area contributed by atoms with E-state index in [0.29, 0.717) is 6.79 Å². The molecule has 0 aromatic heterocycles. The highest BCUT2D eigenvalue weighted by Crippen LogP contribution is 2.15. The smallest absolute Gasteiger partial charge is 0.229 e. The lowest BCUT2D eigenvalue weighted by Crippen LogP contribution is -1.90. The van der Waals surface area contributed by atoms with E-state index in [0.717, 1.165) is 18.6 Å². The van der Waals surface area contributed by atoms with E-state index in [1.54, 1.807) is 6.26 Å². The van der Waals surface area contributed by atoms with E-state index in [1.807, 2.05) is 0 Å². The summed E-state index contributed by atoms with van der Waals surface area (Å²) in [5, 5.41) is 0. The van der Waals surface area contributed by atoms with Gasteiger partial charge in [-0.15, -0.1) is 0 Å². The fraction of sp³-hybridized carbons (Fsp3) is 0.273. The highest BCUT2D eigenvalue weighted by atomic mass is 127. The van der Waals surface area contributed by atoms with Crippen LogP contribution < -0.4 is 0 Å². The molecule has 1 aromatic carbocycles. The standard InChI is InChI=1S/C11H11IO2/c12-10-4-1-9(2-5-10)3-6-11-7-13-8-14-11/h1-2,4-5,7H,3,6,8H2. The lowest BCUT2D eigenvalue weighted by atomic mass is 10.1. The maximum Gasteiger partial charge on any atom is 0.229 e. The first-order valence-electron chi connectivity index (χ1n) is 4.52. The first-order chi connectivity index (χ1) is 6.84. The predicted octanol–water partition coefficient (Wildman–Crippen LogP) is 3.07. The summed E-state index contributed by atoms with van der Waals surface area (Å²) in [4.78, 5) is 0. The van der Waals surface area contributed by atoms with Gasteiger partial charge in [0.2, 0.25) is 6.79 Å². The van der Waals surface area contributed by atoms with Crippen molar-refractivity contribution in [3.8, 4) is 0 Å². The molecule has 1 aromatic rings. The van der Waals surface area contributed by atoms with Gasteiger partial charge in [0, 0.05) is 9.99 Å². The van der Waals surface area contributed by atoms with E-state index in [9.17, 15) is 0 Å². The molecule has 0 bridgehead atoms. The molecule has 2 nitrogen and oxygen atoms in total. The highest BCUT2D eigenvalue weighted by molar-refractivity contribution is 14.1. The van der Waals surface area contributed by atoms with Crippen LogP contribution >= 0.6 is 22.6 Å². The van der Waals surface area contributed by atoms with Crippen molar-refractivity contribution in [2.75, 3.05) is 6.79 Å². The fourth-order valence-electron chi connectivity index (χ4n) is 1.32. The zero-order valence-corrected chi connectivity index (χ0v) is 9.86. The van der Waals surface area contributed by atoms with E-state index in [4.69, 9.17) is 9.47 Å². The Hall–Kier alpha value is -0.710. The molecule has 0 amide bonds. The molecule has 0 radical (unpaired) electrons. The van der Waals surface area contributed by atoms with Gasteiger partial charge in [0.15, 0.2) is 0 Å². The van der Waals surface area contributed by atoms with E-state index in [-0.39, 0.29) is 0 Å². The average molecular weight is 302 g/mol. The Labute approximate surface area is 97.0 Å². The third-order valence-corrected chi connectivity index (χ3v) is 2.82. The Bertz CT molecular complexity index is 330. The van der Waals surface area contributed by atoms with Gasteiger partial charge in [-0.25, -0.2) is 0 Å². The van der Waals surface area contributed by atoms with Gasteiger partial charge >= 0.3 is 0 Å². The summed E-state index contributed by atoms with van der Waals surface area (Å²) in [6, 6.07) is 8.54. The van der Waals surface area contributed by atoms with Crippen LogP contribution in [0.1, 0.15) is 12.0 Å². The van der Waals surface area contributed by atoms with Crippen molar-refractivity contribution in [1.29, 1.82) is 0 Å². The molecule has 14 heavy (non-hydrogen) atoms. The normalized spacial score (nSPS) is 14.5. The molecule has 1 aliphatic rings. The van der Waals surface area contributed by atoms with Crippen LogP contribution in [-0.2, 0) is 15.9 Å². The SMILES string of the molecule is Ic1ccc(CCC2=COCO2)cc1. The van der Waals surface area contributed by atoms with Gasteiger partial charge in [0.25, 0.3) is 0 Å². The fourth-order valence-corrected chi connectivity index (χ4v) is 1.68. The van der Waals surface area contributed by atoms with Crippen molar-refractivity contribution in [2.24, 2.45) is 0 Å². The molecule has 74 valence electrons. The number of benzene rings is 1. The Balaban J connectivity index is 1.88. The predicted molar refractivity (Wildman–Crippen MR) is 62.6 cm³/mol. The quantitative estimate of drug-likeness (QED) is 0.799. The molecule has 0 aliphatic carbocycles. The number of halogens is 1. The van der Waals surface area contributed by atoms with Crippen LogP contribution in [0.5, 0.6) is 0 Å². The molecule has 0 N–H and O–H groups in total. The van der Waals surface area contributed by atoms with Crippen LogP contribution in [0.4, 0.5) is 0 Å². The van der Waals surface area contributed by atoms with Crippen LogP contribution in [0.25, 0.3) is 0 Å². The highest BCUT2D eigenvalue weighted by Gasteiger charge is 2.05. The largest absolute Gasteiger partial charge is 0.462 e. The third-order valence-electron chi connectivity index (χ3n) is 2.10. The van der Waals surface area contributed by atoms with Crippen LogP contribution in [-0.4, -0.2) is 6.79 Å². The van der Waals surface area contributed by atoms with Gasteiger partial charge in [-0.2, -0.15) is 0 Å². The first-order valence-corrected chi connectivity index (χ1v) is 5.60. The number of aryl methyl sites for hydroxylation is 1. The molecule has 0 spiro atoms. The molecule has 3 heteroatoms. The topological polar surface area (TPSA) is 18.5 Å². The summed E-state index contributed by atoms with van der Waals surface area (Å²) in [6.07, 6.45) is 3.62. The molecular weight excluding hydrogens is 291 g/mol. The second-order valence-corrected chi connectivity index (χ2v) is 4.39. The molecule has 0 atom stereocenters. The number of hydrogen-bond acceptors (Lipinski definition) is 2. The Morgan fingerprint density at radius 3 is 2.57 bits per heavy atom. The van der Waals surface area contributed by atoms with Gasteiger partial charge in [-0.05, 0) is 46.7 Å². The van der Waals surface area contributed by atoms with Crippen molar-refractivity contribution in [1.82, 2.24) is 0 Å². The number of allylic oxidation sites excluding steroid dienone is 1. The van der Waals surface area contributed by atoms with Gasteiger partial charge < -0.3 is 9.47 Å².